The van der Waals surface area contributed by atoms with E-state index in [1.54, 1.807) is 0 Å². The van der Waals surface area contributed by atoms with E-state index < -0.39 is 16.0 Å². The van der Waals surface area contributed by atoms with Gasteiger partial charge in [0.1, 0.15) is 0 Å². The molecule has 0 unspecified atom stereocenters. The number of carbonyl (C=O) groups is 1. The van der Waals surface area contributed by atoms with Gasteiger partial charge >= 0.3 is 5.97 Å². The molecule has 106 valence electrons. The van der Waals surface area contributed by atoms with Gasteiger partial charge in [0, 0.05) is 11.6 Å². The second-order valence-electron chi connectivity index (χ2n) is 3.65. The average molecular weight is 326 g/mol. The Labute approximate surface area is 121 Å². The van der Waals surface area contributed by atoms with Gasteiger partial charge in [-0.2, -0.15) is 0 Å². The molecule has 0 bridgehead atoms. The summed E-state index contributed by atoms with van der Waals surface area (Å²) in [6, 6.07) is 4.21. The lowest BCUT2D eigenvalue weighted by atomic mass is 10.2. The van der Waals surface area contributed by atoms with Crippen molar-refractivity contribution in [3.63, 3.8) is 0 Å². The summed E-state index contributed by atoms with van der Waals surface area (Å²) in [7, 11) is -2.27. The minimum Gasteiger partial charge on any atom is -0.465 e. The number of ether oxygens (including phenoxy) is 1. The first-order chi connectivity index (χ1) is 8.89. The molecular weight excluding hydrogens is 313 g/mol. The first-order valence-electron chi connectivity index (χ1n) is 5.34. The number of benzene rings is 1. The summed E-state index contributed by atoms with van der Waals surface area (Å²) >= 11 is 11.3. The van der Waals surface area contributed by atoms with Gasteiger partial charge in [0.25, 0.3) is 0 Å². The number of rotatable bonds is 6. The highest BCUT2D eigenvalue weighted by atomic mass is 35.5. The summed E-state index contributed by atoms with van der Waals surface area (Å²) in [5.74, 6) is -0.464. The number of anilines is 1. The van der Waals surface area contributed by atoms with Crippen LogP contribution in [-0.2, 0) is 14.8 Å². The number of nitrogens with one attached hydrogen (secondary N) is 1. The molecule has 0 amide bonds. The Kier molecular flexibility index (Phi) is 5.90. The van der Waals surface area contributed by atoms with E-state index in [0.717, 1.165) is 0 Å². The van der Waals surface area contributed by atoms with E-state index >= 15 is 0 Å². The van der Waals surface area contributed by atoms with Gasteiger partial charge in [0.15, 0.2) is 0 Å². The van der Waals surface area contributed by atoms with Gasteiger partial charge in [-0.15, -0.1) is 11.6 Å². The summed E-state index contributed by atoms with van der Waals surface area (Å²) in [5, 5.41) is 0.190. The van der Waals surface area contributed by atoms with E-state index in [-0.39, 0.29) is 27.9 Å². The summed E-state index contributed by atoms with van der Waals surface area (Å²) in [4.78, 5) is 11.4. The Balaban J connectivity index is 2.94. The molecule has 1 rings (SSSR count). The minimum atomic E-state index is -3.49. The average Bonchev–Trinajstić information content (AvgIpc) is 2.37. The van der Waals surface area contributed by atoms with Gasteiger partial charge < -0.3 is 4.74 Å². The monoisotopic (exact) mass is 325 g/mol. The zero-order valence-electron chi connectivity index (χ0n) is 10.2. The summed E-state index contributed by atoms with van der Waals surface area (Å²) in [6.07, 6.45) is 0.342. The molecule has 0 fully saturated rings. The largest absolute Gasteiger partial charge is 0.465 e. The van der Waals surface area contributed by atoms with Crippen LogP contribution in [-0.4, -0.2) is 33.1 Å². The quantitative estimate of drug-likeness (QED) is 0.644. The second-order valence-corrected chi connectivity index (χ2v) is 6.28. The van der Waals surface area contributed by atoms with E-state index in [1.807, 2.05) is 0 Å². The normalized spacial score (nSPS) is 11.1. The van der Waals surface area contributed by atoms with E-state index in [0.29, 0.717) is 6.42 Å². The third kappa shape index (κ3) is 4.89. The molecule has 5 nitrogen and oxygen atoms in total. The van der Waals surface area contributed by atoms with Gasteiger partial charge in [-0.3, -0.25) is 4.72 Å². The zero-order chi connectivity index (χ0) is 14.5. The predicted octanol–water partition coefficient (Wildman–Crippen LogP) is 2.50. The van der Waals surface area contributed by atoms with Crippen molar-refractivity contribution in [3.05, 3.63) is 28.8 Å². The molecule has 0 aromatic heterocycles. The Bertz CT molecular complexity index is 560. The number of esters is 1. The van der Waals surface area contributed by atoms with Crippen LogP contribution in [0, 0.1) is 0 Å². The van der Waals surface area contributed by atoms with Crippen molar-refractivity contribution < 1.29 is 17.9 Å². The maximum absolute atomic E-state index is 11.7. The summed E-state index contributed by atoms with van der Waals surface area (Å²) < 4.78 is 30.2. The van der Waals surface area contributed by atoms with Crippen molar-refractivity contribution in [2.75, 3.05) is 23.5 Å². The number of methoxy groups -OCH3 is 1. The van der Waals surface area contributed by atoms with Crippen LogP contribution in [0.15, 0.2) is 18.2 Å². The van der Waals surface area contributed by atoms with E-state index in [9.17, 15) is 13.2 Å². The molecule has 0 spiro atoms. The lowest BCUT2D eigenvalue weighted by Crippen LogP contribution is -2.17. The third-order valence-corrected chi connectivity index (χ3v) is 4.16. The fourth-order valence-corrected chi connectivity index (χ4v) is 2.93. The topological polar surface area (TPSA) is 72.5 Å². The molecule has 1 aromatic carbocycles. The molecule has 0 radical (unpaired) electrons. The number of halogens is 2. The van der Waals surface area contributed by atoms with Crippen molar-refractivity contribution >= 4 is 44.9 Å². The van der Waals surface area contributed by atoms with Gasteiger partial charge in [0.2, 0.25) is 10.0 Å². The maximum atomic E-state index is 11.7. The Morgan fingerprint density at radius 1 is 1.42 bits per heavy atom. The SMILES string of the molecule is COC(=O)c1cc(NS(=O)(=O)CCCCl)ccc1Cl. The lowest BCUT2D eigenvalue weighted by Gasteiger charge is -2.09. The highest BCUT2D eigenvalue weighted by molar-refractivity contribution is 7.92. The van der Waals surface area contributed by atoms with Crippen molar-refractivity contribution in [2.24, 2.45) is 0 Å². The molecule has 0 atom stereocenters. The molecule has 19 heavy (non-hydrogen) atoms. The predicted molar refractivity (Wildman–Crippen MR) is 75.5 cm³/mol. The molecule has 0 saturated heterocycles. The molecule has 0 aliphatic rings. The van der Waals surface area contributed by atoms with Crippen LogP contribution in [0.5, 0.6) is 0 Å². The standard InChI is InChI=1S/C11H13Cl2NO4S/c1-18-11(15)9-7-8(3-4-10(9)13)14-19(16,17)6-2-5-12/h3-4,7,14H,2,5-6H2,1H3. The number of sulfonamides is 1. The molecule has 1 N–H and O–H groups in total. The zero-order valence-corrected chi connectivity index (χ0v) is 12.5. The van der Waals surface area contributed by atoms with Crippen LogP contribution in [0.25, 0.3) is 0 Å². The Morgan fingerprint density at radius 2 is 2.11 bits per heavy atom. The van der Waals surface area contributed by atoms with Crippen molar-refractivity contribution in [3.8, 4) is 0 Å². The lowest BCUT2D eigenvalue weighted by molar-refractivity contribution is 0.0601. The second kappa shape index (κ2) is 6.98. The van der Waals surface area contributed by atoms with E-state index in [2.05, 4.69) is 9.46 Å². The summed E-state index contributed by atoms with van der Waals surface area (Å²) in [6.45, 7) is 0. The highest BCUT2D eigenvalue weighted by Gasteiger charge is 2.14. The van der Waals surface area contributed by atoms with E-state index in [4.69, 9.17) is 23.2 Å². The molecule has 0 aliphatic heterocycles. The van der Waals surface area contributed by atoms with Crippen LogP contribution in [0.1, 0.15) is 16.8 Å². The van der Waals surface area contributed by atoms with Gasteiger partial charge in [0.05, 0.1) is 23.4 Å². The number of hydrogen-bond acceptors (Lipinski definition) is 4. The van der Waals surface area contributed by atoms with Crippen molar-refractivity contribution in [1.29, 1.82) is 0 Å². The highest BCUT2D eigenvalue weighted by Crippen LogP contribution is 2.22. The molecule has 8 heteroatoms. The first kappa shape index (κ1) is 16.1. The third-order valence-electron chi connectivity index (χ3n) is 2.19. The fourth-order valence-electron chi connectivity index (χ4n) is 1.33. The minimum absolute atomic E-state index is 0.0906. The number of carbonyl (C=O) groups excluding carboxylic acids is 1. The maximum Gasteiger partial charge on any atom is 0.339 e. The number of hydrogen-bond donors (Lipinski definition) is 1. The van der Waals surface area contributed by atoms with Crippen LogP contribution in [0.2, 0.25) is 5.02 Å². The molecule has 1 aromatic rings. The van der Waals surface area contributed by atoms with Gasteiger partial charge in [-0.05, 0) is 24.6 Å². The van der Waals surface area contributed by atoms with E-state index in [1.165, 1.54) is 25.3 Å². The van der Waals surface area contributed by atoms with Crippen LogP contribution >= 0.6 is 23.2 Å². The first-order valence-corrected chi connectivity index (χ1v) is 7.90. The molecular formula is C11H13Cl2NO4S. The van der Waals surface area contributed by atoms with Crippen LogP contribution in [0.4, 0.5) is 5.69 Å². The van der Waals surface area contributed by atoms with Crippen molar-refractivity contribution in [2.45, 2.75) is 6.42 Å². The van der Waals surface area contributed by atoms with Crippen LogP contribution in [0.3, 0.4) is 0 Å². The Morgan fingerprint density at radius 3 is 2.68 bits per heavy atom. The molecule has 0 heterocycles. The fraction of sp³-hybridized carbons (Fsp3) is 0.364. The van der Waals surface area contributed by atoms with Crippen LogP contribution < -0.4 is 4.72 Å². The molecule has 0 saturated carbocycles. The van der Waals surface area contributed by atoms with Gasteiger partial charge in [-0.25, -0.2) is 13.2 Å². The Hall–Kier alpha value is -0.980. The summed E-state index contributed by atoms with van der Waals surface area (Å²) in [5.41, 5.74) is 0.348. The smallest absolute Gasteiger partial charge is 0.339 e. The van der Waals surface area contributed by atoms with Gasteiger partial charge in [-0.1, -0.05) is 11.6 Å². The number of alkyl halides is 1. The molecule has 0 aliphatic carbocycles. The van der Waals surface area contributed by atoms with Crippen molar-refractivity contribution in [1.82, 2.24) is 0 Å².